The monoisotopic (exact) mass is 382 g/mol. The molecule has 2 aromatic rings. The van der Waals surface area contributed by atoms with Gasteiger partial charge in [-0.1, -0.05) is 17.8 Å². The molecule has 0 amide bonds. The van der Waals surface area contributed by atoms with E-state index < -0.39 is 11.9 Å². The van der Waals surface area contributed by atoms with Crippen LogP contribution in [0.3, 0.4) is 0 Å². The van der Waals surface area contributed by atoms with Gasteiger partial charge in [0.05, 0.1) is 12.7 Å². The van der Waals surface area contributed by atoms with Gasteiger partial charge >= 0.3 is 11.9 Å². The van der Waals surface area contributed by atoms with Gasteiger partial charge in [0.1, 0.15) is 0 Å². The van der Waals surface area contributed by atoms with Crippen LogP contribution in [0.15, 0.2) is 41.8 Å². The van der Waals surface area contributed by atoms with E-state index in [1.807, 2.05) is 29.2 Å². The largest absolute Gasteiger partial charge is 1.00 e. The lowest BCUT2D eigenvalue weighted by Gasteiger charge is -2.10. The Morgan fingerprint density at radius 3 is 2.36 bits per heavy atom. The number of esters is 2. The van der Waals surface area contributed by atoms with E-state index in [0.29, 0.717) is 0 Å². The van der Waals surface area contributed by atoms with Crippen molar-refractivity contribution in [2.75, 3.05) is 6.26 Å². The number of thioether (sulfide) groups is 1. The molecule has 0 bridgehead atoms. The van der Waals surface area contributed by atoms with Crippen molar-refractivity contribution >= 4 is 23.7 Å². The molecule has 0 fully saturated rings. The maximum Gasteiger partial charge on any atom is 0.308 e. The van der Waals surface area contributed by atoms with Crippen molar-refractivity contribution in [3.63, 3.8) is 0 Å². The topological polar surface area (TPSA) is 69.4 Å². The maximum atomic E-state index is 11.2. The number of rotatable bonds is 6. The first-order valence-electron chi connectivity index (χ1n) is 7.37. The second-order valence-corrected chi connectivity index (χ2v) is 5.89. The minimum Gasteiger partial charge on any atom is -1.00 e. The van der Waals surface area contributed by atoms with Crippen LogP contribution in [0.25, 0.3) is 0 Å². The molecule has 0 saturated carbocycles. The zero-order valence-electron chi connectivity index (χ0n) is 14.2. The third-order valence-electron chi connectivity index (χ3n) is 3.13. The second kappa shape index (κ2) is 10.0. The van der Waals surface area contributed by atoms with Gasteiger partial charge in [0.15, 0.2) is 11.5 Å². The van der Waals surface area contributed by atoms with Crippen molar-refractivity contribution in [2.45, 2.75) is 31.8 Å². The molecule has 0 aliphatic carbocycles. The van der Waals surface area contributed by atoms with Gasteiger partial charge in [-0.2, -0.15) is 0 Å². The smallest absolute Gasteiger partial charge is 0.308 e. The highest BCUT2D eigenvalue weighted by Gasteiger charge is 2.12. The van der Waals surface area contributed by atoms with Crippen LogP contribution in [0, 0.1) is 0 Å². The fourth-order valence-electron chi connectivity index (χ4n) is 2.07. The van der Waals surface area contributed by atoms with Crippen LogP contribution < -0.4 is 26.4 Å². The number of hydrogen-bond donors (Lipinski definition) is 0. The number of ether oxygens (including phenoxy) is 2. The zero-order valence-corrected chi connectivity index (χ0v) is 15.8. The minimum absolute atomic E-state index is 0. The molecule has 0 N–H and O–H groups in total. The van der Waals surface area contributed by atoms with E-state index in [1.54, 1.807) is 30.2 Å². The summed E-state index contributed by atoms with van der Waals surface area (Å²) in [6.45, 7) is 3.33. The van der Waals surface area contributed by atoms with E-state index in [1.165, 1.54) is 13.8 Å². The first-order valence-corrected chi connectivity index (χ1v) is 8.59. The highest BCUT2D eigenvalue weighted by molar-refractivity contribution is 7.98. The Balaban J connectivity index is 0.00000312. The SMILES string of the molecule is CSc1cc[n+](CCc2ccc(OC(C)=O)c(OC(C)=O)c2)cn1.[Cl-]. The van der Waals surface area contributed by atoms with Crippen LogP contribution in [-0.4, -0.2) is 23.2 Å². The van der Waals surface area contributed by atoms with Gasteiger partial charge in [-0.15, -0.1) is 0 Å². The Kier molecular flexibility index (Phi) is 8.37. The molecule has 0 spiro atoms. The Morgan fingerprint density at radius 2 is 1.80 bits per heavy atom. The summed E-state index contributed by atoms with van der Waals surface area (Å²) in [6.07, 6.45) is 6.46. The zero-order chi connectivity index (χ0) is 17.5. The third kappa shape index (κ3) is 6.72. The van der Waals surface area contributed by atoms with E-state index in [-0.39, 0.29) is 23.9 Å². The molecule has 0 unspecified atom stereocenters. The Hall–Kier alpha value is -2.12. The number of benzene rings is 1. The van der Waals surface area contributed by atoms with Gasteiger partial charge in [-0.05, 0) is 28.9 Å². The molecule has 1 aromatic heterocycles. The minimum atomic E-state index is -0.466. The molecule has 0 aliphatic rings. The van der Waals surface area contributed by atoms with E-state index in [2.05, 4.69) is 4.98 Å². The summed E-state index contributed by atoms with van der Waals surface area (Å²) in [6, 6.07) is 7.15. The van der Waals surface area contributed by atoms with Gasteiger partial charge in [0.25, 0.3) is 6.33 Å². The van der Waals surface area contributed by atoms with Crippen LogP contribution in [0.1, 0.15) is 19.4 Å². The van der Waals surface area contributed by atoms with Crippen molar-refractivity contribution in [1.82, 2.24) is 4.98 Å². The van der Waals surface area contributed by atoms with E-state index in [4.69, 9.17) is 9.47 Å². The van der Waals surface area contributed by atoms with Gasteiger partial charge < -0.3 is 21.9 Å². The summed E-state index contributed by atoms with van der Waals surface area (Å²) in [5.41, 5.74) is 0.962. The molecule has 134 valence electrons. The predicted octanol–water partition coefficient (Wildman–Crippen LogP) is -0.812. The molecule has 25 heavy (non-hydrogen) atoms. The van der Waals surface area contributed by atoms with E-state index in [9.17, 15) is 9.59 Å². The molecule has 0 saturated heterocycles. The van der Waals surface area contributed by atoms with Gasteiger partial charge in [-0.25, -0.2) is 4.57 Å². The molecule has 1 aromatic carbocycles. The number of carbonyl (C=O) groups is 2. The molecule has 0 aliphatic heterocycles. The van der Waals surface area contributed by atoms with Crippen LogP contribution in [-0.2, 0) is 22.6 Å². The number of carbonyl (C=O) groups excluding carboxylic acids is 2. The summed E-state index contributed by atoms with van der Waals surface area (Å²) in [4.78, 5) is 26.7. The van der Waals surface area contributed by atoms with Crippen molar-refractivity contribution in [3.8, 4) is 11.5 Å². The summed E-state index contributed by atoms with van der Waals surface area (Å²) < 4.78 is 12.2. The summed E-state index contributed by atoms with van der Waals surface area (Å²) in [5, 5.41) is 0.967. The van der Waals surface area contributed by atoms with E-state index in [0.717, 1.165) is 23.6 Å². The Bertz CT molecular complexity index is 738. The predicted molar refractivity (Wildman–Crippen MR) is 89.0 cm³/mol. The number of nitrogens with zero attached hydrogens (tertiary/aromatic N) is 2. The summed E-state index contributed by atoms with van der Waals surface area (Å²) in [5.74, 6) is -0.449. The van der Waals surface area contributed by atoms with Crippen molar-refractivity contribution < 1.29 is 36.0 Å². The molecular formula is C17H19ClN2O4S. The average molecular weight is 383 g/mol. The average Bonchev–Trinajstić information content (AvgIpc) is 2.54. The highest BCUT2D eigenvalue weighted by atomic mass is 35.5. The van der Waals surface area contributed by atoms with Gasteiger partial charge in [0.2, 0.25) is 5.03 Å². The Morgan fingerprint density at radius 1 is 1.12 bits per heavy atom. The normalized spacial score (nSPS) is 9.88. The molecule has 8 heteroatoms. The Labute approximate surface area is 157 Å². The summed E-state index contributed by atoms with van der Waals surface area (Å²) in [7, 11) is 0. The molecule has 2 rings (SSSR count). The molecule has 6 nitrogen and oxygen atoms in total. The highest BCUT2D eigenvalue weighted by Crippen LogP contribution is 2.29. The lowest BCUT2D eigenvalue weighted by molar-refractivity contribution is -0.699. The molecule has 0 atom stereocenters. The van der Waals surface area contributed by atoms with Crippen LogP contribution in [0.4, 0.5) is 0 Å². The lowest BCUT2D eigenvalue weighted by Crippen LogP contribution is -3.00. The standard InChI is InChI=1S/C17H19N2O4S.ClH/c1-12(20)22-15-5-4-14(10-16(15)23-13(2)21)6-8-19-9-7-17(24-3)18-11-19;/h4-5,7,9-11H,6,8H2,1-3H3;1H/q+1;/p-1. The molecule has 0 radical (unpaired) electrons. The number of halogens is 1. The number of aromatic nitrogens is 2. The molecular weight excluding hydrogens is 364 g/mol. The van der Waals surface area contributed by atoms with E-state index >= 15 is 0 Å². The fraction of sp³-hybridized carbons (Fsp3) is 0.294. The summed E-state index contributed by atoms with van der Waals surface area (Å²) >= 11 is 1.59. The van der Waals surface area contributed by atoms with Gasteiger partial charge in [-0.3, -0.25) is 9.59 Å². The number of aryl methyl sites for hydroxylation is 2. The van der Waals surface area contributed by atoms with Crippen molar-refractivity contribution in [2.24, 2.45) is 0 Å². The molecule has 1 heterocycles. The quantitative estimate of drug-likeness (QED) is 0.214. The van der Waals surface area contributed by atoms with Gasteiger partial charge in [0, 0.05) is 26.3 Å². The van der Waals surface area contributed by atoms with Crippen LogP contribution in [0.2, 0.25) is 0 Å². The van der Waals surface area contributed by atoms with Crippen molar-refractivity contribution in [3.05, 3.63) is 42.4 Å². The van der Waals surface area contributed by atoms with Crippen molar-refractivity contribution in [1.29, 1.82) is 0 Å². The first kappa shape index (κ1) is 20.9. The number of hydrogen-bond acceptors (Lipinski definition) is 6. The lowest BCUT2D eigenvalue weighted by atomic mass is 10.1. The third-order valence-corrected chi connectivity index (χ3v) is 3.78. The fourth-order valence-corrected chi connectivity index (χ4v) is 2.41. The first-order chi connectivity index (χ1) is 11.5. The second-order valence-electron chi connectivity index (χ2n) is 5.06. The maximum absolute atomic E-state index is 11.2. The van der Waals surface area contributed by atoms with Crippen LogP contribution >= 0.6 is 11.8 Å². The van der Waals surface area contributed by atoms with Crippen LogP contribution in [0.5, 0.6) is 11.5 Å².